The standard InChI is InChI=1S/C21H23ClN2O4/c1-14-9-10-15(12-17(14)22)24(13-23-11-5-8-19(23)25)21(26)16-6-4-7-18(27-2)20(16)28-3/h4,6-7,9-10,12H,5,8,11,13H2,1-3H3. The first-order valence-corrected chi connectivity index (χ1v) is 9.41. The Morgan fingerprint density at radius 1 is 1.21 bits per heavy atom. The largest absolute Gasteiger partial charge is 0.493 e. The van der Waals surface area contributed by atoms with Crippen LogP contribution in [0.25, 0.3) is 0 Å². The van der Waals surface area contributed by atoms with Crippen molar-refractivity contribution in [2.45, 2.75) is 19.8 Å². The molecule has 0 unspecified atom stereocenters. The Morgan fingerprint density at radius 3 is 2.61 bits per heavy atom. The molecule has 0 aromatic heterocycles. The van der Waals surface area contributed by atoms with Gasteiger partial charge in [-0.15, -0.1) is 0 Å². The zero-order chi connectivity index (χ0) is 20.3. The summed E-state index contributed by atoms with van der Waals surface area (Å²) in [4.78, 5) is 28.9. The Labute approximate surface area is 169 Å². The fourth-order valence-electron chi connectivity index (χ4n) is 3.24. The number of rotatable bonds is 6. The summed E-state index contributed by atoms with van der Waals surface area (Å²) in [5.74, 6) is 0.558. The van der Waals surface area contributed by atoms with Crippen LogP contribution in [0.1, 0.15) is 28.8 Å². The molecule has 6 nitrogen and oxygen atoms in total. The Morgan fingerprint density at radius 2 is 2.00 bits per heavy atom. The molecule has 0 N–H and O–H groups in total. The fraction of sp³-hybridized carbons (Fsp3) is 0.333. The molecule has 148 valence electrons. The SMILES string of the molecule is COc1cccc(C(=O)N(CN2CCCC2=O)c2ccc(C)c(Cl)c2)c1OC. The highest BCUT2D eigenvalue weighted by molar-refractivity contribution is 6.31. The van der Waals surface area contributed by atoms with Gasteiger partial charge in [0.05, 0.1) is 19.8 Å². The number of benzene rings is 2. The predicted molar refractivity (Wildman–Crippen MR) is 108 cm³/mol. The molecular formula is C21H23ClN2O4. The highest BCUT2D eigenvalue weighted by Gasteiger charge is 2.28. The number of aryl methyl sites for hydroxylation is 1. The van der Waals surface area contributed by atoms with Crippen LogP contribution in [0.2, 0.25) is 5.02 Å². The van der Waals surface area contributed by atoms with Crippen molar-refractivity contribution < 1.29 is 19.1 Å². The summed E-state index contributed by atoms with van der Waals surface area (Å²) < 4.78 is 10.7. The smallest absolute Gasteiger partial charge is 0.263 e. The number of methoxy groups -OCH3 is 2. The number of anilines is 1. The number of hydrogen-bond acceptors (Lipinski definition) is 4. The number of carbonyl (C=O) groups excluding carboxylic acids is 2. The number of hydrogen-bond donors (Lipinski definition) is 0. The highest BCUT2D eigenvalue weighted by atomic mass is 35.5. The minimum atomic E-state index is -0.296. The molecule has 1 aliphatic heterocycles. The molecule has 7 heteroatoms. The van der Waals surface area contributed by atoms with Crippen molar-refractivity contribution in [1.29, 1.82) is 0 Å². The normalized spacial score (nSPS) is 13.6. The lowest BCUT2D eigenvalue weighted by Gasteiger charge is -2.29. The summed E-state index contributed by atoms with van der Waals surface area (Å²) in [5, 5.41) is 0.556. The summed E-state index contributed by atoms with van der Waals surface area (Å²) in [6, 6.07) is 10.6. The second kappa shape index (κ2) is 8.52. The van der Waals surface area contributed by atoms with Crippen molar-refractivity contribution in [3.05, 3.63) is 52.5 Å². The van der Waals surface area contributed by atoms with E-state index in [2.05, 4.69) is 0 Å². The molecule has 0 bridgehead atoms. The van der Waals surface area contributed by atoms with Crippen LogP contribution in [0.15, 0.2) is 36.4 Å². The van der Waals surface area contributed by atoms with Crippen molar-refractivity contribution in [3.8, 4) is 11.5 Å². The van der Waals surface area contributed by atoms with Gasteiger partial charge in [0.2, 0.25) is 5.91 Å². The van der Waals surface area contributed by atoms with E-state index in [4.69, 9.17) is 21.1 Å². The number of para-hydroxylation sites is 1. The van der Waals surface area contributed by atoms with E-state index in [0.29, 0.717) is 40.7 Å². The van der Waals surface area contributed by atoms with Crippen LogP contribution < -0.4 is 14.4 Å². The van der Waals surface area contributed by atoms with E-state index in [0.717, 1.165) is 12.0 Å². The lowest BCUT2D eigenvalue weighted by Crippen LogP contribution is -2.42. The summed E-state index contributed by atoms with van der Waals surface area (Å²) in [5.41, 5.74) is 1.88. The Hall–Kier alpha value is -2.73. The van der Waals surface area contributed by atoms with Gasteiger partial charge in [-0.3, -0.25) is 14.5 Å². The third kappa shape index (κ3) is 3.92. The lowest BCUT2D eigenvalue weighted by molar-refractivity contribution is -0.127. The molecule has 0 spiro atoms. The van der Waals surface area contributed by atoms with Crippen molar-refractivity contribution in [2.24, 2.45) is 0 Å². The van der Waals surface area contributed by atoms with Gasteiger partial charge < -0.3 is 14.4 Å². The third-order valence-electron chi connectivity index (χ3n) is 4.83. The molecule has 0 saturated carbocycles. The number of carbonyl (C=O) groups is 2. The number of nitrogens with zero attached hydrogens (tertiary/aromatic N) is 2. The van der Waals surface area contributed by atoms with Crippen molar-refractivity contribution in [3.63, 3.8) is 0 Å². The zero-order valence-corrected chi connectivity index (χ0v) is 17.0. The van der Waals surface area contributed by atoms with Gasteiger partial charge >= 0.3 is 0 Å². The third-order valence-corrected chi connectivity index (χ3v) is 5.24. The second-order valence-electron chi connectivity index (χ2n) is 6.61. The monoisotopic (exact) mass is 402 g/mol. The van der Waals surface area contributed by atoms with E-state index >= 15 is 0 Å². The molecule has 0 radical (unpaired) electrons. The first-order valence-electron chi connectivity index (χ1n) is 9.03. The number of halogens is 1. The van der Waals surface area contributed by atoms with E-state index < -0.39 is 0 Å². The quantitative estimate of drug-likeness (QED) is 0.735. The van der Waals surface area contributed by atoms with E-state index in [1.165, 1.54) is 14.2 Å². The van der Waals surface area contributed by atoms with Crippen molar-refractivity contribution in [2.75, 3.05) is 32.3 Å². The average Bonchev–Trinajstić information content (AvgIpc) is 3.11. The molecular weight excluding hydrogens is 380 g/mol. The van der Waals surface area contributed by atoms with E-state index in [1.54, 1.807) is 34.1 Å². The van der Waals surface area contributed by atoms with Gasteiger partial charge in [0.25, 0.3) is 5.91 Å². The second-order valence-corrected chi connectivity index (χ2v) is 7.02. The first-order chi connectivity index (χ1) is 13.5. The molecule has 1 heterocycles. The van der Waals surface area contributed by atoms with Crippen molar-refractivity contribution >= 4 is 29.1 Å². The molecule has 1 aliphatic rings. The van der Waals surface area contributed by atoms with Gasteiger partial charge in [-0.05, 0) is 43.2 Å². The molecule has 2 aromatic carbocycles. The maximum absolute atomic E-state index is 13.5. The van der Waals surface area contributed by atoms with Gasteiger partial charge in [-0.1, -0.05) is 23.7 Å². The van der Waals surface area contributed by atoms with Crippen LogP contribution in [0.3, 0.4) is 0 Å². The average molecular weight is 403 g/mol. The van der Waals surface area contributed by atoms with E-state index in [9.17, 15) is 9.59 Å². The van der Waals surface area contributed by atoms with Crippen LogP contribution in [-0.4, -0.2) is 44.1 Å². The van der Waals surface area contributed by atoms with Crippen LogP contribution >= 0.6 is 11.6 Å². The topological polar surface area (TPSA) is 59.1 Å². The molecule has 3 rings (SSSR count). The maximum Gasteiger partial charge on any atom is 0.263 e. The summed E-state index contributed by atoms with van der Waals surface area (Å²) in [7, 11) is 3.01. The van der Waals surface area contributed by atoms with Crippen LogP contribution in [0.4, 0.5) is 5.69 Å². The number of likely N-dealkylation sites (tertiary alicyclic amines) is 1. The van der Waals surface area contributed by atoms with Crippen LogP contribution in [-0.2, 0) is 4.79 Å². The van der Waals surface area contributed by atoms with Gasteiger partial charge in [0.15, 0.2) is 11.5 Å². The van der Waals surface area contributed by atoms with E-state index in [-0.39, 0.29) is 18.5 Å². The minimum absolute atomic E-state index is 0.0358. The van der Waals surface area contributed by atoms with Gasteiger partial charge in [-0.25, -0.2) is 0 Å². The summed E-state index contributed by atoms with van der Waals surface area (Å²) in [6.45, 7) is 2.67. The molecule has 2 aromatic rings. The fourth-order valence-corrected chi connectivity index (χ4v) is 3.41. The Bertz CT molecular complexity index is 900. The van der Waals surface area contributed by atoms with Crippen LogP contribution in [0, 0.1) is 6.92 Å². The van der Waals surface area contributed by atoms with Crippen molar-refractivity contribution in [1.82, 2.24) is 4.90 Å². The van der Waals surface area contributed by atoms with Gasteiger partial charge in [-0.2, -0.15) is 0 Å². The predicted octanol–water partition coefficient (Wildman–Crippen LogP) is 3.89. The first kappa shape index (κ1) is 20.0. The van der Waals surface area contributed by atoms with Crippen LogP contribution in [0.5, 0.6) is 11.5 Å². The molecule has 0 aliphatic carbocycles. The lowest BCUT2D eigenvalue weighted by atomic mass is 10.1. The summed E-state index contributed by atoms with van der Waals surface area (Å²) >= 11 is 6.30. The molecule has 1 saturated heterocycles. The van der Waals surface area contributed by atoms with E-state index in [1.807, 2.05) is 19.1 Å². The zero-order valence-electron chi connectivity index (χ0n) is 16.2. The molecule has 2 amide bonds. The summed E-state index contributed by atoms with van der Waals surface area (Å²) in [6.07, 6.45) is 1.29. The molecule has 0 atom stereocenters. The Balaban J connectivity index is 2.04. The number of ether oxygens (including phenoxy) is 2. The Kier molecular flexibility index (Phi) is 6.09. The molecule has 28 heavy (non-hydrogen) atoms. The number of amides is 2. The minimum Gasteiger partial charge on any atom is -0.493 e. The highest BCUT2D eigenvalue weighted by Crippen LogP contribution is 2.33. The van der Waals surface area contributed by atoms with Gasteiger partial charge in [0.1, 0.15) is 6.67 Å². The van der Waals surface area contributed by atoms with Gasteiger partial charge in [0, 0.05) is 23.7 Å². The maximum atomic E-state index is 13.5. The molecule has 1 fully saturated rings.